The maximum absolute atomic E-state index is 10.8. The van der Waals surface area contributed by atoms with Gasteiger partial charge in [0.1, 0.15) is 13.2 Å². The first kappa shape index (κ1) is 13.2. The van der Waals surface area contributed by atoms with Gasteiger partial charge in [-0.15, -0.1) is 0 Å². The van der Waals surface area contributed by atoms with Crippen LogP contribution in [0.25, 0.3) is 0 Å². The van der Waals surface area contributed by atoms with Crippen molar-refractivity contribution in [3.8, 4) is 0 Å². The molecule has 82 valence electrons. The molecule has 0 bridgehead atoms. The summed E-state index contributed by atoms with van der Waals surface area (Å²) in [5.74, 6) is -0.337. The van der Waals surface area contributed by atoms with Crippen LogP contribution in [0.1, 0.15) is 20.8 Å². The molecule has 0 aliphatic rings. The highest BCUT2D eigenvalue weighted by Crippen LogP contribution is 2.08. The molecule has 0 aromatic heterocycles. The van der Waals surface area contributed by atoms with Crippen LogP contribution < -0.4 is 0 Å². The summed E-state index contributed by atoms with van der Waals surface area (Å²) in [6.07, 6.45) is 1.20. The van der Waals surface area contributed by atoms with Crippen LogP contribution in [-0.2, 0) is 9.53 Å². The normalized spacial score (nSPS) is 14.9. The van der Waals surface area contributed by atoms with Gasteiger partial charge in [0.15, 0.2) is 0 Å². The van der Waals surface area contributed by atoms with E-state index in [0.29, 0.717) is 12.6 Å². The van der Waals surface area contributed by atoms with Gasteiger partial charge in [0.25, 0.3) is 0 Å². The third kappa shape index (κ3) is 3.92. The maximum Gasteiger partial charge on any atom is 0.330 e. The minimum absolute atomic E-state index is 0.337. The number of hydrogen-bond donors (Lipinski definition) is 0. The predicted octanol–water partition coefficient (Wildman–Crippen LogP) is 1.59. The molecule has 0 saturated heterocycles. The van der Waals surface area contributed by atoms with Crippen molar-refractivity contribution in [1.29, 1.82) is 0 Å². The Morgan fingerprint density at radius 1 is 1.57 bits per heavy atom. The van der Waals surface area contributed by atoms with E-state index in [0.717, 1.165) is 17.6 Å². The summed E-state index contributed by atoms with van der Waals surface area (Å²) < 4.78 is 5.89. The lowest BCUT2D eigenvalue weighted by Crippen LogP contribution is -2.51. The van der Waals surface area contributed by atoms with Crippen LogP contribution in [0.2, 0.25) is 0 Å². The molecule has 0 radical (unpaired) electrons. The van der Waals surface area contributed by atoms with E-state index < -0.39 is 0 Å². The lowest BCUT2D eigenvalue weighted by Gasteiger charge is -2.37. The Morgan fingerprint density at radius 3 is 2.50 bits per heavy atom. The summed E-state index contributed by atoms with van der Waals surface area (Å²) in [4.78, 5) is 10.8. The minimum atomic E-state index is -0.337. The third-order valence-electron chi connectivity index (χ3n) is 2.98. The number of carbonyl (C=O) groups excluding carboxylic acids is 1. The molecular weight excluding hydrogens is 178 g/mol. The summed E-state index contributed by atoms with van der Waals surface area (Å²) in [6, 6.07) is 0.544. The summed E-state index contributed by atoms with van der Waals surface area (Å²) >= 11 is 0. The highest BCUT2D eigenvalue weighted by atomic mass is 16.5. The van der Waals surface area contributed by atoms with Gasteiger partial charge < -0.3 is 9.22 Å². The zero-order chi connectivity index (χ0) is 11.2. The first-order chi connectivity index (χ1) is 6.46. The van der Waals surface area contributed by atoms with Crippen molar-refractivity contribution in [2.45, 2.75) is 26.8 Å². The van der Waals surface area contributed by atoms with E-state index in [1.807, 2.05) is 0 Å². The largest absolute Gasteiger partial charge is 0.457 e. The topological polar surface area (TPSA) is 26.3 Å². The second-order valence-electron chi connectivity index (χ2n) is 3.98. The minimum Gasteiger partial charge on any atom is -0.457 e. The molecule has 0 saturated carbocycles. The number of nitrogens with zero attached hydrogens (tertiary/aromatic N) is 1. The van der Waals surface area contributed by atoms with Gasteiger partial charge >= 0.3 is 5.97 Å². The zero-order valence-corrected chi connectivity index (χ0v) is 9.75. The Labute approximate surface area is 86.9 Å². The third-order valence-corrected chi connectivity index (χ3v) is 2.98. The molecule has 0 heterocycles. The van der Waals surface area contributed by atoms with Crippen molar-refractivity contribution < 1.29 is 14.0 Å². The molecule has 3 nitrogen and oxygen atoms in total. The molecule has 0 rings (SSSR count). The van der Waals surface area contributed by atoms with E-state index in [1.165, 1.54) is 6.08 Å². The van der Waals surface area contributed by atoms with Crippen LogP contribution in [-0.4, -0.2) is 43.2 Å². The molecular formula is C11H22NO2+. The van der Waals surface area contributed by atoms with Crippen molar-refractivity contribution in [2.24, 2.45) is 0 Å². The van der Waals surface area contributed by atoms with Crippen molar-refractivity contribution >= 4 is 5.97 Å². The molecule has 0 fully saturated rings. The Bertz CT molecular complexity index is 201. The van der Waals surface area contributed by atoms with Gasteiger partial charge in [0.2, 0.25) is 0 Å². The molecule has 0 aliphatic heterocycles. The van der Waals surface area contributed by atoms with Crippen LogP contribution in [0.3, 0.4) is 0 Å². The number of hydrogen-bond acceptors (Lipinski definition) is 2. The van der Waals surface area contributed by atoms with Crippen molar-refractivity contribution in [3.63, 3.8) is 0 Å². The summed E-state index contributed by atoms with van der Waals surface area (Å²) in [5, 5.41) is 0. The fraction of sp³-hybridized carbons (Fsp3) is 0.727. The second kappa shape index (κ2) is 5.81. The molecule has 0 aliphatic carbocycles. The van der Waals surface area contributed by atoms with Gasteiger partial charge in [-0.25, -0.2) is 4.79 Å². The van der Waals surface area contributed by atoms with E-state index in [1.54, 1.807) is 0 Å². The van der Waals surface area contributed by atoms with Gasteiger partial charge in [-0.05, 0) is 20.8 Å². The Balaban J connectivity index is 3.96. The standard InChI is InChI=1S/C11H22NO2/c1-6-11(13)14-9-8-12(5,7-2)10(3)4/h6,10H,1,7-9H2,2-5H3/q+1. The van der Waals surface area contributed by atoms with E-state index in [-0.39, 0.29) is 5.97 Å². The molecule has 3 heteroatoms. The molecule has 1 unspecified atom stereocenters. The van der Waals surface area contributed by atoms with Crippen molar-refractivity contribution in [2.75, 3.05) is 26.7 Å². The predicted molar refractivity (Wildman–Crippen MR) is 57.9 cm³/mol. The molecule has 0 N–H and O–H groups in total. The number of esters is 1. The van der Waals surface area contributed by atoms with Gasteiger partial charge in [0.05, 0.1) is 19.6 Å². The highest BCUT2D eigenvalue weighted by Gasteiger charge is 2.23. The first-order valence-corrected chi connectivity index (χ1v) is 5.09. The number of likely N-dealkylation sites (N-methyl/N-ethyl adjacent to an activating group) is 1. The molecule has 14 heavy (non-hydrogen) atoms. The van der Waals surface area contributed by atoms with E-state index in [4.69, 9.17) is 4.74 Å². The number of carbonyl (C=O) groups is 1. The van der Waals surface area contributed by atoms with E-state index >= 15 is 0 Å². The fourth-order valence-corrected chi connectivity index (χ4v) is 1.20. The molecule has 1 atom stereocenters. The molecule has 0 spiro atoms. The smallest absolute Gasteiger partial charge is 0.330 e. The molecule has 0 aromatic rings. The summed E-state index contributed by atoms with van der Waals surface area (Å²) in [7, 11) is 2.17. The maximum atomic E-state index is 10.8. The SMILES string of the molecule is C=CC(=O)OCC[N+](C)(CC)C(C)C. The average Bonchev–Trinajstić information content (AvgIpc) is 2.16. The van der Waals surface area contributed by atoms with Crippen LogP contribution in [0.5, 0.6) is 0 Å². The molecule has 0 amide bonds. The Kier molecular flexibility index (Phi) is 5.46. The van der Waals surface area contributed by atoms with Crippen molar-refractivity contribution in [3.05, 3.63) is 12.7 Å². The van der Waals surface area contributed by atoms with Gasteiger partial charge in [0, 0.05) is 6.08 Å². The van der Waals surface area contributed by atoms with E-state index in [9.17, 15) is 4.79 Å². The highest BCUT2D eigenvalue weighted by molar-refractivity contribution is 5.81. The van der Waals surface area contributed by atoms with Crippen LogP contribution in [0.15, 0.2) is 12.7 Å². The number of ether oxygens (including phenoxy) is 1. The van der Waals surface area contributed by atoms with Crippen LogP contribution >= 0.6 is 0 Å². The number of rotatable bonds is 6. The quantitative estimate of drug-likeness (QED) is 0.370. The van der Waals surface area contributed by atoms with Crippen LogP contribution in [0.4, 0.5) is 0 Å². The Morgan fingerprint density at radius 2 is 2.14 bits per heavy atom. The van der Waals surface area contributed by atoms with Crippen LogP contribution in [0, 0.1) is 0 Å². The Hall–Kier alpha value is -0.830. The van der Waals surface area contributed by atoms with Gasteiger partial charge in [-0.1, -0.05) is 6.58 Å². The van der Waals surface area contributed by atoms with Gasteiger partial charge in [-0.2, -0.15) is 0 Å². The number of quaternary nitrogens is 1. The van der Waals surface area contributed by atoms with Gasteiger partial charge in [-0.3, -0.25) is 0 Å². The lowest BCUT2D eigenvalue weighted by molar-refractivity contribution is -0.928. The fourth-order valence-electron chi connectivity index (χ4n) is 1.20. The van der Waals surface area contributed by atoms with Crippen molar-refractivity contribution in [1.82, 2.24) is 0 Å². The second-order valence-corrected chi connectivity index (χ2v) is 3.98. The summed E-state index contributed by atoms with van der Waals surface area (Å²) in [6.45, 7) is 12.2. The van der Waals surface area contributed by atoms with E-state index in [2.05, 4.69) is 34.4 Å². The lowest BCUT2D eigenvalue weighted by atomic mass is 10.2. The first-order valence-electron chi connectivity index (χ1n) is 5.09. The molecule has 0 aromatic carbocycles. The monoisotopic (exact) mass is 200 g/mol. The average molecular weight is 200 g/mol. The zero-order valence-electron chi connectivity index (χ0n) is 9.75. The summed E-state index contributed by atoms with van der Waals surface area (Å²) in [5.41, 5.74) is 0.